The molecule has 2 aliphatic rings. The molecule has 0 atom stereocenters. The molecule has 4 heterocycles. The molecule has 11 heteroatoms. The summed E-state index contributed by atoms with van der Waals surface area (Å²) in [6.45, 7) is 0. The fourth-order valence-corrected chi connectivity index (χ4v) is 6.63. The number of nitrogens with two attached hydrogens (primary N) is 1. The van der Waals surface area contributed by atoms with Crippen LogP contribution in [-0.2, 0) is 0 Å². The van der Waals surface area contributed by atoms with E-state index in [1.807, 2.05) is 41.1 Å². The van der Waals surface area contributed by atoms with Crippen molar-refractivity contribution in [2.24, 2.45) is 15.7 Å². The molecule has 0 unspecified atom stereocenters. The van der Waals surface area contributed by atoms with Crippen molar-refractivity contribution >= 4 is 80.2 Å². The number of rotatable bonds is 4. The molecule has 206 valence electrons. The van der Waals surface area contributed by atoms with Gasteiger partial charge in [0.25, 0.3) is 0 Å². The lowest BCUT2D eigenvalue weighted by Crippen LogP contribution is -2.22. The van der Waals surface area contributed by atoms with Crippen LogP contribution in [0.15, 0.2) is 81.4 Å². The molecular weight excluding hydrogens is 621 g/mol. The van der Waals surface area contributed by atoms with Gasteiger partial charge in [-0.1, -0.05) is 47.5 Å². The van der Waals surface area contributed by atoms with Gasteiger partial charge in [-0.05, 0) is 58.8 Å². The molecule has 0 saturated carbocycles. The normalized spacial score (nSPS) is 13.3. The molecule has 43 heavy (non-hydrogen) atoms. The number of halogens is 2. The molecule has 2 aromatic heterocycles. The maximum Gasteiger partial charge on any atom is 0.175 e. The smallest absolute Gasteiger partial charge is 0.175 e. The van der Waals surface area contributed by atoms with Gasteiger partial charge in [-0.15, -0.1) is 22.7 Å². The molecular formula is C32H15Cl2N5O2S2. The van der Waals surface area contributed by atoms with Gasteiger partial charge in [0, 0.05) is 15.3 Å². The quantitative estimate of drug-likeness (QED) is 0.194. The van der Waals surface area contributed by atoms with E-state index in [0.717, 1.165) is 15.3 Å². The van der Waals surface area contributed by atoms with Crippen LogP contribution in [0.4, 0.5) is 11.4 Å². The maximum atomic E-state index is 9.75. The molecule has 0 spiro atoms. The number of benzene rings is 3. The number of hydrogen-bond donors (Lipinski definition) is 1. The van der Waals surface area contributed by atoms with Crippen LogP contribution in [0.1, 0.15) is 20.9 Å². The average molecular weight is 637 g/mol. The molecule has 0 aliphatic carbocycles. The summed E-state index contributed by atoms with van der Waals surface area (Å²) in [5.41, 5.74) is 10.1. The minimum absolute atomic E-state index is 0.188. The number of nitrogens with zero attached hydrogens (tertiary/aromatic N) is 4. The van der Waals surface area contributed by atoms with Crippen molar-refractivity contribution in [1.29, 1.82) is 10.5 Å². The second kappa shape index (κ2) is 10.7. The van der Waals surface area contributed by atoms with Gasteiger partial charge in [-0.3, -0.25) is 0 Å². The van der Waals surface area contributed by atoms with Crippen molar-refractivity contribution in [2.75, 3.05) is 0 Å². The lowest BCUT2D eigenvalue weighted by atomic mass is 10.0. The van der Waals surface area contributed by atoms with Crippen LogP contribution in [0.25, 0.3) is 22.9 Å². The van der Waals surface area contributed by atoms with E-state index in [9.17, 15) is 10.5 Å². The van der Waals surface area contributed by atoms with Crippen LogP contribution in [0, 0.1) is 22.7 Å². The molecule has 2 N–H and O–H groups in total. The molecule has 0 amide bonds. The number of allylic oxidation sites excluding steroid dienone is 2. The molecule has 0 bridgehead atoms. The van der Waals surface area contributed by atoms with Crippen molar-refractivity contribution < 1.29 is 9.47 Å². The average Bonchev–Trinajstić information content (AvgIpc) is 3.77. The van der Waals surface area contributed by atoms with E-state index in [4.69, 9.17) is 48.4 Å². The first-order chi connectivity index (χ1) is 20.9. The van der Waals surface area contributed by atoms with Gasteiger partial charge in [0.05, 0.1) is 16.8 Å². The van der Waals surface area contributed by atoms with E-state index in [-0.39, 0.29) is 21.5 Å². The molecule has 0 saturated heterocycles. The van der Waals surface area contributed by atoms with Crippen molar-refractivity contribution in [3.05, 3.63) is 113 Å². The Kier molecular flexibility index (Phi) is 6.73. The summed E-state index contributed by atoms with van der Waals surface area (Å²) < 4.78 is 12.5. The summed E-state index contributed by atoms with van der Waals surface area (Å²) in [5, 5.41) is 24.2. The van der Waals surface area contributed by atoms with Gasteiger partial charge in [-0.2, -0.15) is 10.5 Å². The van der Waals surface area contributed by atoms with Crippen molar-refractivity contribution in [2.45, 2.75) is 0 Å². The highest BCUT2D eigenvalue weighted by atomic mass is 35.5. The Morgan fingerprint density at radius 1 is 0.791 bits per heavy atom. The Morgan fingerprint density at radius 3 is 1.98 bits per heavy atom. The topological polar surface area (TPSA) is 117 Å². The first-order valence-electron chi connectivity index (χ1n) is 12.7. The molecule has 0 radical (unpaired) electrons. The third-order valence-electron chi connectivity index (χ3n) is 6.75. The summed E-state index contributed by atoms with van der Waals surface area (Å²) in [7, 11) is 0. The van der Waals surface area contributed by atoms with Crippen molar-refractivity contribution in [3.8, 4) is 35.1 Å². The van der Waals surface area contributed by atoms with Crippen molar-refractivity contribution in [3.63, 3.8) is 0 Å². The summed E-state index contributed by atoms with van der Waals surface area (Å²) in [6, 6.07) is 22.6. The Balaban J connectivity index is 1.29. The number of nitriles is 2. The number of thiophene rings is 2. The second-order valence-corrected chi connectivity index (χ2v) is 12.0. The molecule has 0 fully saturated rings. The zero-order valence-electron chi connectivity index (χ0n) is 21.8. The third-order valence-corrected chi connectivity index (χ3v) is 9.25. The van der Waals surface area contributed by atoms with E-state index in [1.54, 1.807) is 36.4 Å². The highest BCUT2D eigenvalue weighted by Crippen LogP contribution is 2.44. The van der Waals surface area contributed by atoms with Gasteiger partial charge < -0.3 is 15.2 Å². The largest absolute Gasteiger partial charge is 0.451 e. The lowest BCUT2D eigenvalue weighted by molar-refractivity contribution is 0.451. The summed E-state index contributed by atoms with van der Waals surface area (Å²) in [6.07, 6.45) is 1.79. The predicted octanol–water partition coefficient (Wildman–Crippen LogP) is 8.65. The standard InChI is InChI=1S/C32H15Cl2N5O2S2/c33-26-30-32(41-23-13-17(6-8-21(23)39-30)28(37)19(15-36)25-4-2-10-43-25)27(34)29-31(26)40-22-12-16(5-7-20(22)38-29)11-18(14-35)24-3-1-9-42-24/h1-13H,37H2. The minimum atomic E-state index is 0.188. The molecule has 3 aromatic carbocycles. The number of fused-ring (bicyclic) bond motifs is 4. The van der Waals surface area contributed by atoms with E-state index in [1.165, 1.54) is 22.7 Å². The third kappa shape index (κ3) is 4.65. The van der Waals surface area contributed by atoms with Gasteiger partial charge in [-0.25, -0.2) is 9.98 Å². The summed E-state index contributed by atoms with van der Waals surface area (Å²) >= 11 is 16.6. The van der Waals surface area contributed by atoms with Crippen LogP contribution in [0.3, 0.4) is 0 Å². The molecule has 7 rings (SSSR count). The number of hydrogen-bond acceptors (Lipinski definition) is 9. The van der Waals surface area contributed by atoms with Gasteiger partial charge in [0.2, 0.25) is 0 Å². The minimum Gasteiger partial charge on any atom is -0.451 e. The van der Waals surface area contributed by atoms with Gasteiger partial charge >= 0.3 is 0 Å². The molecule has 7 nitrogen and oxygen atoms in total. The van der Waals surface area contributed by atoms with E-state index >= 15 is 0 Å². The summed E-state index contributed by atoms with van der Waals surface area (Å²) in [4.78, 5) is 11.1. The fraction of sp³-hybridized carbons (Fsp3) is 0. The summed E-state index contributed by atoms with van der Waals surface area (Å²) in [5.74, 6) is 1.36. The fourth-order valence-electron chi connectivity index (χ4n) is 4.69. The van der Waals surface area contributed by atoms with E-state index < -0.39 is 0 Å². The monoisotopic (exact) mass is 635 g/mol. The predicted molar refractivity (Wildman–Crippen MR) is 170 cm³/mol. The Bertz CT molecular complexity index is 2240. The van der Waals surface area contributed by atoms with Crippen LogP contribution in [-0.4, -0.2) is 0 Å². The first kappa shape index (κ1) is 27.0. The van der Waals surface area contributed by atoms with Crippen LogP contribution in [0.5, 0.6) is 23.0 Å². The molecule has 2 aliphatic heterocycles. The maximum absolute atomic E-state index is 9.75. The Labute approximate surface area is 262 Å². The SMILES string of the molecule is N#CC(=Cc1ccc2c(c1)Oc1c(Cl)c3c(c(Cl)c1=N2)Oc1cc(C(N)=C(C#N)c2cccs2)ccc1N=3)c1cccs1. The van der Waals surface area contributed by atoms with Crippen molar-refractivity contribution in [1.82, 2.24) is 0 Å². The van der Waals surface area contributed by atoms with Crippen LogP contribution in [0.2, 0.25) is 10.0 Å². The highest BCUT2D eigenvalue weighted by molar-refractivity contribution is 7.11. The highest BCUT2D eigenvalue weighted by Gasteiger charge is 2.27. The number of ether oxygens (including phenoxy) is 2. The zero-order valence-corrected chi connectivity index (χ0v) is 24.9. The van der Waals surface area contributed by atoms with E-state index in [0.29, 0.717) is 56.0 Å². The first-order valence-corrected chi connectivity index (χ1v) is 15.2. The van der Waals surface area contributed by atoms with Crippen LogP contribution >= 0.6 is 45.9 Å². The Hall–Kier alpha value is -4.90. The van der Waals surface area contributed by atoms with Gasteiger partial charge in [0.15, 0.2) is 23.0 Å². The zero-order chi connectivity index (χ0) is 29.7. The molecule has 5 aromatic rings. The van der Waals surface area contributed by atoms with E-state index in [2.05, 4.69) is 12.1 Å². The van der Waals surface area contributed by atoms with Crippen LogP contribution < -0.4 is 25.9 Å². The Morgan fingerprint density at radius 2 is 1.40 bits per heavy atom. The second-order valence-electron chi connectivity index (χ2n) is 9.35. The lowest BCUT2D eigenvalue weighted by Gasteiger charge is -2.21. The van der Waals surface area contributed by atoms with Gasteiger partial charge in [0.1, 0.15) is 44.3 Å².